The van der Waals surface area contributed by atoms with Crippen LogP contribution >= 0.6 is 11.6 Å². The van der Waals surface area contributed by atoms with Crippen molar-refractivity contribution in [3.8, 4) is 11.1 Å². The van der Waals surface area contributed by atoms with E-state index in [0.717, 1.165) is 6.20 Å². The minimum Gasteiger partial charge on any atom is -0.481 e. The third kappa shape index (κ3) is 4.55. The lowest BCUT2D eigenvalue weighted by molar-refractivity contribution is -0.136. The van der Waals surface area contributed by atoms with Crippen LogP contribution in [0.15, 0.2) is 59.8 Å². The monoisotopic (exact) mass is 434 g/mol. The maximum Gasteiger partial charge on any atom is 0.307 e. The van der Waals surface area contributed by atoms with Crippen molar-refractivity contribution in [3.63, 3.8) is 0 Å². The summed E-state index contributed by atoms with van der Waals surface area (Å²) in [5.41, 5.74) is 0.623. The van der Waals surface area contributed by atoms with Crippen LogP contribution < -0.4 is 4.72 Å². The fourth-order valence-corrected chi connectivity index (χ4v) is 4.17. The maximum absolute atomic E-state index is 15.3. The molecule has 0 saturated carbocycles. The molecule has 2 N–H and O–H groups in total. The quantitative estimate of drug-likeness (QED) is 0.603. The van der Waals surface area contributed by atoms with Crippen LogP contribution in [-0.4, -0.2) is 24.5 Å². The van der Waals surface area contributed by atoms with Gasteiger partial charge in [-0.25, -0.2) is 12.8 Å². The van der Waals surface area contributed by atoms with Crippen molar-refractivity contribution in [1.29, 1.82) is 0 Å². The fourth-order valence-electron chi connectivity index (χ4n) is 2.79. The SMILES string of the molecule is Cc1cncc(S(=O)(=O)Nc2c(-c3ccccc3)cc(Cl)c(CC(=O)O)c2F)c1. The van der Waals surface area contributed by atoms with Gasteiger partial charge in [0.25, 0.3) is 10.0 Å². The molecule has 6 nitrogen and oxygen atoms in total. The van der Waals surface area contributed by atoms with Crippen LogP contribution in [-0.2, 0) is 21.2 Å². The highest BCUT2D eigenvalue weighted by Crippen LogP contribution is 2.38. The molecule has 3 aromatic rings. The molecule has 0 fully saturated rings. The summed E-state index contributed by atoms with van der Waals surface area (Å²) in [6.07, 6.45) is 1.94. The molecule has 9 heteroatoms. The summed E-state index contributed by atoms with van der Waals surface area (Å²) >= 11 is 6.12. The number of aryl methyl sites for hydroxylation is 1. The minimum atomic E-state index is -4.19. The predicted octanol–water partition coefficient (Wildman–Crippen LogP) is 4.28. The molecule has 1 aromatic heterocycles. The van der Waals surface area contributed by atoms with Gasteiger partial charge in [-0.05, 0) is 30.2 Å². The number of rotatable bonds is 6. The summed E-state index contributed by atoms with van der Waals surface area (Å²) in [6.45, 7) is 1.68. The van der Waals surface area contributed by atoms with Gasteiger partial charge in [-0.3, -0.25) is 14.5 Å². The van der Waals surface area contributed by atoms with Crippen molar-refractivity contribution in [1.82, 2.24) is 4.98 Å². The van der Waals surface area contributed by atoms with Gasteiger partial charge in [0.2, 0.25) is 0 Å². The van der Waals surface area contributed by atoms with E-state index in [1.54, 1.807) is 37.3 Å². The zero-order chi connectivity index (χ0) is 21.2. The van der Waals surface area contributed by atoms with E-state index in [9.17, 15) is 13.2 Å². The van der Waals surface area contributed by atoms with Gasteiger partial charge < -0.3 is 5.11 Å². The number of halogens is 2. The summed E-state index contributed by atoms with van der Waals surface area (Å²) in [7, 11) is -4.19. The number of carboxylic acid groups (broad SMARTS) is 1. The number of benzene rings is 2. The Morgan fingerprint density at radius 3 is 2.52 bits per heavy atom. The number of carbonyl (C=O) groups is 1. The number of nitrogens with zero attached hydrogens (tertiary/aromatic N) is 1. The molecule has 150 valence electrons. The first kappa shape index (κ1) is 20.8. The number of hydrogen-bond donors (Lipinski definition) is 2. The second kappa shape index (κ2) is 8.18. The molecule has 0 atom stereocenters. The smallest absolute Gasteiger partial charge is 0.307 e. The Kier molecular flexibility index (Phi) is 5.86. The Morgan fingerprint density at radius 2 is 1.90 bits per heavy atom. The summed E-state index contributed by atoms with van der Waals surface area (Å²) in [6, 6.07) is 11.2. The number of carboxylic acids is 1. The first-order valence-electron chi connectivity index (χ1n) is 8.41. The minimum absolute atomic E-state index is 0.107. The Bertz CT molecular complexity index is 1180. The highest BCUT2D eigenvalue weighted by atomic mass is 35.5. The third-order valence-electron chi connectivity index (χ3n) is 4.12. The average Bonchev–Trinajstić information content (AvgIpc) is 2.67. The lowest BCUT2D eigenvalue weighted by Crippen LogP contribution is -2.17. The van der Waals surface area contributed by atoms with E-state index in [4.69, 9.17) is 16.7 Å². The number of aromatic nitrogens is 1. The van der Waals surface area contributed by atoms with Gasteiger partial charge in [-0.15, -0.1) is 0 Å². The van der Waals surface area contributed by atoms with Crippen LogP contribution in [0, 0.1) is 12.7 Å². The highest BCUT2D eigenvalue weighted by Gasteiger charge is 2.25. The molecular weight excluding hydrogens is 419 g/mol. The number of hydrogen-bond acceptors (Lipinski definition) is 4. The molecule has 0 aliphatic heterocycles. The molecular formula is C20H16ClFN2O4S. The van der Waals surface area contributed by atoms with Gasteiger partial charge in [0.05, 0.1) is 12.1 Å². The molecule has 0 bridgehead atoms. The Morgan fingerprint density at radius 1 is 1.21 bits per heavy atom. The van der Waals surface area contributed by atoms with Crippen molar-refractivity contribution in [3.05, 3.63) is 76.8 Å². The van der Waals surface area contributed by atoms with Gasteiger partial charge in [0.1, 0.15) is 4.90 Å². The van der Waals surface area contributed by atoms with E-state index in [1.807, 2.05) is 0 Å². The zero-order valence-corrected chi connectivity index (χ0v) is 16.8. The van der Waals surface area contributed by atoms with E-state index in [0.29, 0.717) is 11.1 Å². The molecule has 0 spiro atoms. The normalized spacial score (nSPS) is 11.3. The lowest BCUT2D eigenvalue weighted by atomic mass is 10.00. The van der Waals surface area contributed by atoms with E-state index in [-0.39, 0.29) is 26.7 Å². The van der Waals surface area contributed by atoms with Gasteiger partial charge in [0.15, 0.2) is 5.82 Å². The molecule has 2 aromatic carbocycles. The molecule has 0 amide bonds. The number of pyridine rings is 1. The van der Waals surface area contributed by atoms with E-state index in [2.05, 4.69) is 9.71 Å². The standard InChI is InChI=1S/C20H16ClFN2O4S/c1-12-7-14(11-23-10-12)29(27,28)24-20-15(13-5-3-2-4-6-13)8-17(21)16(19(20)22)9-18(25)26/h2-8,10-11,24H,9H2,1H3,(H,25,26). The van der Waals surface area contributed by atoms with Crippen molar-refractivity contribution in [2.75, 3.05) is 4.72 Å². The first-order valence-corrected chi connectivity index (χ1v) is 10.3. The molecule has 0 aliphatic rings. The second-order valence-electron chi connectivity index (χ2n) is 6.31. The van der Waals surface area contributed by atoms with E-state index in [1.165, 1.54) is 18.3 Å². The van der Waals surface area contributed by atoms with Crippen molar-refractivity contribution in [2.24, 2.45) is 0 Å². The Balaban J connectivity index is 2.21. The largest absolute Gasteiger partial charge is 0.481 e. The Hall–Kier alpha value is -2.97. The van der Waals surface area contributed by atoms with E-state index < -0.39 is 28.2 Å². The van der Waals surface area contributed by atoms with Crippen molar-refractivity contribution >= 4 is 33.3 Å². The molecule has 0 saturated heterocycles. The second-order valence-corrected chi connectivity index (χ2v) is 8.40. The summed E-state index contributed by atoms with van der Waals surface area (Å²) < 4.78 is 43.2. The molecule has 0 radical (unpaired) electrons. The summed E-state index contributed by atoms with van der Waals surface area (Å²) in [5.74, 6) is -2.34. The van der Waals surface area contributed by atoms with Gasteiger partial charge in [-0.2, -0.15) is 0 Å². The van der Waals surface area contributed by atoms with Gasteiger partial charge in [-0.1, -0.05) is 41.9 Å². The van der Waals surface area contributed by atoms with Crippen LogP contribution in [0.4, 0.5) is 10.1 Å². The highest BCUT2D eigenvalue weighted by molar-refractivity contribution is 7.92. The Labute approximate surface area is 172 Å². The topological polar surface area (TPSA) is 96.4 Å². The number of sulfonamides is 1. The van der Waals surface area contributed by atoms with Gasteiger partial charge in [0, 0.05) is 28.5 Å². The number of aliphatic carboxylic acids is 1. The maximum atomic E-state index is 15.3. The summed E-state index contributed by atoms with van der Waals surface area (Å²) in [5, 5.41) is 8.95. The number of anilines is 1. The molecule has 3 rings (SSSR count). The summed E-state index contributed by atoms with van der Waals surface area (Å²) in [4.78, 5) is 14.8. The van der Waals surface area contributed by atoms with Crippen LogP contribution in [0.1, 0.15) is 11.1 Å². The predicted molar refractivity (Wildman–Crippen MR) is 108 cm³/mol. The van der Waals surface area contributed by atoms with Crippen LogP contribution in [0.5, 0.6) is 0 Å². The van der Waals surface area contributed by atoms with E-state index >= 15 is 4.39 Å². The third-order valence-corrected chi connectivity index (χ3v) is 5.78. The molecule has 0 aliphatic carbocycles. The average molecular weight is 435 g/mol. The van der Waals surface area contributed by atoms with Crippen LogP contribution in [0.2, 0.25) is 5.02 Å². The van der Waals surface area contributed by atoms with Crippen LogP contribution in [0.3, 0.4) is 0 Å². The first-order chi connectivity index (χ1) is 13.7. The van der Waals surface area contributed by atoms with Crippen molar-refractivity contribution < 1.29 is 22.7 Å². The van der Waals surface area contributed by atoms with Crippen LogP contribution in [0.25, 0.3) is 11.1 Å². The molecule has 0 unspecified atom stereocenters. The fraction of sp³-hybridized carbons (Fsp3) is 0.100. The van der Waals surface area contributed by atoms with Crippen molar-refractivity contribution in [2.45, 2.75) is 18.2 Å². The molecule has 1 heterocycles. The lowest BCUT2D eigenvalue weighted by Gasteiger charge is -2.17. The number of nitrogens with one attached hydrogen (secondary N) is 1. The van der Waals surface area contributed by atoms with Gasteiger partial charge >= 0.3 is 5.97 Å². The zero-order valence-electron chi connectivity index (χ0n) is 15.2. The molecule has 29 heavy (non-hydrogen) atoms.